The van der Waals surface area contributed by atoms with E-state index in [1.165, 1.54) is 6.07 Å². The molecule has 2 heterocycles. The zero-order valence-electron chi connectivity index (χ0n) is 14.2. The highest BCUT2D eigenvalue weighted by molar-refractivity contribution is 6.06. The molecular formula is C20H18FN3O2. The number of ether oxygens (including phenoxy) is 1. The highest BCUT2D eigenvalue weighted by Crippen LogP contribution is 2.34. The summed E-state index contributed by atoms with van der Waals surface area (Å²) in [5, 5.41) is 4.37. The molecule has 0 amide bonds. The van der Waals surface area contributed by atoms with Crippen molar-refractivity contribution in [2.45, 2.75) is 25.7 Å². The molecule has 2 atom stereocenters. The lowest BCUT2D eigenvalue weighted by molar-refractivity contribution is 0.119. The molecule has 1 aromatic heterocycles. The van der Waals surface area contributed by atoms with Crippen LogP contribution < -0.4 is 4.74 Å². The average Bonchev–Trinajstić information content (AvgIpc) is 3.17. The number of imidazole rings is 1. The lowest BCUT2D eigenvalue weighted by atomic mass is 9.95. The van der Waals surface area contributed by atoms with Gasteiger partial charge < -0.3 is 14.1 Å². The second kappa shape index (κ2) is 7.00. The molecule has 0 bridgehead atoms. The maximum Gasteiger partial charge on any atom is 0.145 e. The van der Waals surface area contributed by atoms with E-state index >= 15 is 0 Å². The van der Waals surface area contributed by atoms with Crippen molar-refractivity contribution in [3.8, 4) is 5.75 Å². The number of hydrogen-bond donors (Lipinski definition) is 0. The van der Waals surface area contributed by atoms with Gasteiger partial charge >= 0.3 is 0 Å². The van der Waals surface area contributed by atoms with Gasteiger partial charge in [-0.05, 0) is 25.1 Å². The fourth-order valence-electron chi connectivity index (χ4n) is 3.13. The predicted octanol–water partition coefficient (Wildman–Crippen LogP) is 3.97. The van der Waals surface area contributed by atoms with Crippen LogP contribution in [0.5, 0.6) is 5.75 Å². The molecule has 0 aliphatic carbocycles. The van der Waals surface area contributed by atoms with Crippen molar-refractivity contribution in [1.29, 1.82) is 0 Å². The number of para-hydroxylation sites is 1. The third-order valence-corrected chi connectivity index (χ3v) is 4.39. The van der Waals surface area contributed by atoms with E-state index in [0.29, 0.717) is 5.56 Å². The highest BCUT2D eigenvalue weighted by atomic mass is 19.1. The van der Waals surface area contributed by atoms with Crippen molar-refractivity contribution >= 4 is 5.71 Å². The molecule has 132 valence electrons. The van der Waals surface area contributed by atoms with Crippen LogP contribution in [-0.4, -0.2) is 21.4 Å². The van der Waals surface area contributed by atoms with Crippen LogP contribution in [-0.2, 0) is 11.4 Å². The number of nitrogens with zero attached hydrogens (tertiary/aromatic N) is 3. The van der Waals surface area contributed by atoms with Crippen LogP contribution >= 0.6 is 0 Å². The average molecular weight is 351 g/mol. The molecule has 0 N–H and O–H groups in total. The van der Waals surface area contributed by atoms with Gasteiger partial charge in [0.1, 0.15) is 36.0 Å². The number of rotatable bonds is 4. The maximum absolute atomic E-state index is 13.8. The Bertz CT molecular complexity index is 924. The van der Waals surface area contributed by atoms with Crippen LogP contribution in [0.15, 0.2) is 72.4 Å². The monoisotopic (exact) mass is 351 g/mol. The van der Waals surface area contributed by atoms with Gasteiger partial charge in [0.2, 0.25) is 0 Å². The fraction of sp³-hybridized carbons (Fsp3) is 0.200. The number of fused-ring (bicyclic) bond motifs is 1. The minimum absolute atomic E-state index is 0.0597. The van der Waals surface area contributed by atoms with E-state index in [9.17, 15) is 4.39 Å². The number of hydrogen-bond acceptors (Lipinski definition) is 4. The molecule has 0 radical (unpaired) electrons. The third-order valence-electron chi connectivity index (χ3n) is 4.39. The lowest BCUT2D eigenvalue weighted by Gasteiger charge is -2.33. The quantitative estimate of drug-likeness (QED) is 0.669. The van der Waals surface area contributed by atoms with Crippen molar-refractivity contribution < 1.29 is 14.0 Å². The molecule has 4 rings (SSSR count). The van der Waals surface area contributed by atoms with Gasteiger partial charge in [0.15, 0.2) is 0 Å². The third kappa shape index (κ3) is 3.06. The zero-order chi connectivity index (χ0) is 17.9. The van der Waals surface area contributed by atoms with Gasteiger partial charge in [0.05, 0.1) is 6.33 Å². The van der Waals surface area contributed by atoms with Gasteiger partial charge in [-0.25, -0.2) is 9.37 Å². The Morgan fingerprint density at radius 2 is 2.00 bits per heavy atom. The summed E-state index contributed by atoms with van der Waals surface area (Å²) in [5.41, 5.74) is 2.05. The Morgan fingerprint density at radius 1 is 1.19 bits per heavy atom. The minimum Gasteiger partial charge on any atom is -0.487 e. The van der Waals surface area contributed by atoms with Crippen molar-refractivity contribution in [3.63, 3.8) is 0 Å². The summed E-state index contributed by atoms with van der Waals surface area (Å²) in [4.78, 5) is 9.66. The van der Waals surface area contributed by atoms with Gasteiger partial charge in [-0.3, -0.25) is 0 Å². The van der Waals surface area contributed by atoms with Crippen LogP contribution in [0.3, 0.4) is 0 Å². The molecule has 5 nitrogen and oxygen atoms in total. The van der Waals surface area contributed by atoms with E-state index in [4.69, 9.17) is 9.57 Å². The fourth-order valence-corrected chi connectivity index (χ4v) is 3.13. The van der Waals surface area contributed by atoms with Gasteiger partial charge in [-0.1, -0.05) is 35.5 Å². The van der Waals surface area contributed by atoms with Crippen LogP contribution in [0.4, 0.5) is 4.39 Å². The molecular weight excluding hydrogens is 333 g/mol. The van der Waals surface area contributed by atoms with Crippen LogP contribution in [0.2, 0.25) is 0 Å². The Balaban J connectivity index is 1.68. The van der Waals surface area contributed by atoms with Gasteiger partial charge in [-0.15, -0.1) is 0 Å². The van der Waals surface area contributed by atoms with E-state index in [0.717, 1.165) is 17.0 Å². The van der Waals surface area contributed by atoms with Crippen LogP contribution in [0.1, 0.15) is 24.1 Å². The first-order chi connectivity index (χ1) is 12.7. The van der Waals surface area contributed by atoms with Crippen molar-refractivity contribution in [2.24, 2.45) is 5.16 Å². The van der Waals surface area contributed by atoms with E-state index < -0.39 is 0 Å². The zero-order valence-corrected chi connectivity index (χ0v) is 14.2. The van der Waals surface area contributed by atoms with E-state index in [1.54, 1.807) is 30.7 Å². The topological polar surface area (TPSA) is 48.6 Å². The molecule has 1 aliphatic rings. The second-order valence-corrected chi connectivity index (χ2v) is 6.12. The van der Waals surface area contributed by atoms with E-state index in [2.05, 4.69) is 10.1 Å². The summed E-state index contributed by atoms with van der Waals surface area (Å²) in [7, 11) is 0. The molecule has 26 heavy (non-hydrogen) atoms. The first-order valence-electron chi connectivity index (χ1n) is 8.41. The summed E-state index contributed by atoms with van der Waals surface area (Å²) < 4.78 is 21.8. The second-order valence-electron chi connectivity index (χ2n) is 6.12. The molecule has 0 saturated carbocycles. The lowest BCUT2D eigenvalue weighted by Crippen LogP contribution is -2.37. The standard InChI is InChI=1S/C20H18FN3O2/c1-14-20(24-11-10-22-13-24)19(16-7-3-5-9-18(16)26-14)23-25-12-15-6-2-4-8-17(15)21/h2-11,13-14,20H,12H2,1H3/b23-19-. The van der Waals surface area contributed by atoms with Crippen molar-refractivity contribution in [2.75, 3.05) is 0 Å². The Kier molecular flexibility index (Phi) is 4.39. The molecule has 3 aromatic rings. The SMILES string of the molecule is CC1Oc2ccccc2/C(=N/OCc2ccccc2F)C1n1ccnc1. The molecule has 6 heteroatoms. The first kappa shape index (κ1) is 16.3. The van der Waals surface area contributed by atoms with Gasteiger partial charge in [-0.2, -0.15) is 0 Å². The van der Waals surface area contributed by atoms with Crippen LogP contribution in [0, 0.1) is 5.82 Å². The summed E-state index contributed by atoms with van der Waals surface area (Å²) in [6.45, 7) is 2.04. The van der Waals surface area contributed by atoms with Crippen molar-refractivity contribution in [3.05, 3.63) is 84.2 Å². The van der Waals surface area contributed by atoms with Crippen LogP contribution in [0.25, 0.3) is 0 Å². The molecule has 0 spiro atoms. The summed E-state index contributed by atoms with van der Waals surface area (Å²) in [6, 6.07) is 14.0. The number of benzene rings is 2. The van der Waals surface area contributed by atoms with Gasteiger partial charge in [0.25, 0.3) is 0 Å². The molecule has 0 saturated heterocycles. The molecule has 2 unspecified atom stereocenters. The maximum atomic E-state index is 13.8. The summed E-state index contributed by atoms with van der Waals surface area (Å²) in [5.74, 6) is 0.448. The molecule has 1 aliphatic heterocycles. The summed E-state index contributed by atoms with van der Waals surface area (Å²) >= 11 is 0. The Morgan fingerprint density at radius 3 is 2.81 bits per heavy atom. The first-order valence-corrected chi connectivity index (χ1v) is 8.41. The smallest absolute Gasteiger partial charge is 0.145 e. The number of halogens is 1. The normalized spacial score (nSPS) is 20.5. The minimum atomic E-state index is -0.306. The predicted molar refractivity (Wildman–Crippen MR) is 95.5 cm³/mol. The Hall–Kier alpha value is -3.15. The number of oxime groups is 1. The molecule has 2 aromatic carbocycles. The number of aromatic nitrogens is 2. The van der Waals surface area contributed by atoms with E-state index in [1.807, 2.05) is 42.0 Å². The summed E-state index contributed by atoms with van der Waals surface area (Å²) in [6.07, 6.45) is 5.15. The largest absolute Gasteiger partial charge is 0.487 e. The van der Waals surface area contributed by atoms with Gasteiger partial charge in [0, 0.05) is 23.5 Å². The molecule has 0 fully saturated rings. The Labute approximate surface area is 150 Å². The van der Waals surface area contributed by atoms with E-state index in [-0.39, 0.29) is 24.6 Å². The van der Waals surface area contributed by atoms with Crippen molar-refractivity contribution in [1.82, 2.24) is 9.55 Å². The highest BCUT2D eigenvalue weighted by Gasteiger charge is 2.34.